The van der Waals surface area contributed by atoms with Gasteiger partial charge in [0, 0.05) is 19.6 Å². The molecular weight excluding hydrogens is 258 g/mol. The van der Waals surface area contributed by atoms with Crippen molar-refractivity contribution in [3.8, 4) is 0 Å². The van der Waals surface area contributed by atoms with Crippen LogP contribution in [0.4, 0.5) is 0 Å². The Hall–Kier alpha value is -0.540. The molecule has 4 heteroatoms. The number of hydrogen-bond donors (Lipinski definition) is 1. The molecule has 0 unspecified atom stereocenters. The van der Waals surface area contributed by atoms with Crippen LogP contribution in [0.2, 0.25) is 5.02 Å². The summed E-state index contributed by atoms with van der Waals surface area (Å²) in [5.74, 6) is 0. The smallest absolute Gasteiger partial charge is 0.0863 e. The van der Waals surface area contributed by atoms with Gasteiger partial charge in [0.1, 0.15) is 0 Å². The highest BCUT2D eigenvalue weighted by molar-refractivity contribution is 6.31. The summed E-state index contributed by atoms with van der Waals surface area (Å²) in [6.45, 7) is 9.40. The number of nitrogens with zero attached hydrogens (tertiary/aromatic N) is 2. The molecule has 0 aromatic carbocycles. The zero-order valence-corrected chi connectivity index (χ0v) is 13.2. The Kier molecular flexibility index (Phi) is 4.91. The van der Waals surface area contributed by atoms with Crippen molar-refractivity contribution in [3.05, 3.63) is 16.4 Å². The molecule has 0 spiro atoms. The summed E-state index contributed by atoms with van der Waals surface area (Å²) < 4.78 is 2.03. The molecule has 0 atom stereocenters. The van der Waals surface area contributed by atoms with Crippen molar-refractivity contribution in [3.63, 3.8) is 0 Å². The minimum atomic E-state index is 0.483. The van der Waals surface area contributed by atoms with Crippen molar-refractivity contribution < 1.29 is 0 Å². The van der Waals surface area contributed by atoms with Crippen molar-refractivity contribution in [2.75, 3.05) is 6.54 Å². The third-order valence-corrected chi connectivity index (χ3v) is 4.79. The molecule has 1 heterocycles. The Morgan fingerprint density at radius 2 is 2.00 bits per heavy atom. The zero-order chi connectivity index (χ0) is 13.9. The van der Waals surface area contributed by atoms with Crippen LogP contribution >= 0.6 is 11.6 Å². The SMILES string of the molecule is CCc1nn(CC)c(CNCC2(C)CCCC2)c1Cl. The van der Waals surface area contributed by atoms with E-state index in [4.69, 9.17) is 11.6 Å². The lowest BCUT2D eigenvalue weighted by molar-refractivity contribution is 0.313. The normalized spacial score (nSPS) is 18.1. The summed E-state index contributed by atoms with van der Waals surface area (Å²) in [6.07, 6.45) is 6.36. The Morgan fingerprint density at radius 1 is 1.32 bits per heavy atom. The molecule has 1 fully saturated rings. The summed E-state index contributed by atoms with van der Waals surface area (Å²) in [7, 11) is 0. The largest absolute Gasteiger partial charge is 0.311 e. The zero-order valence-electron chi connectivity index (χ0n) is 12.4. The molecular formula is C15H26ClN3. The lowest BCUT2D eigenvalue weighted by atomic mass is 9.89. The van der Waals surface area contributed by atoms with E-state index in [9.17, 15) is 0 Å². The van der Waals surface area contributed by atoms with Crippen LogP contribution in [-0.4, -0.2) is 16.3 Å². The molecule has 19 heavy (non-hydrogen) atoms. The Balaban J connectivity index is 1.97. The maximum Gasteiger partial charge on any atom is 0.0863 e. The van der Waals surface area contributed by atoms with Gasteiger partial charge in [-0.25, -0.2) is 0 Å². The van der Waals surface area contributed by atoms with Gasteiger partial charge in [-0.15, -0.1) is 0 Å². The molecule has 1 aliphatic rings. The molecule has 0 radical (unpaired) electrons. The van der Waals surface area contributed by atoms with Gasteiger partial charge >= 0.3 is 0 Å². The number of aryl methyl sites for hydroxylation is 2. The number of hydrogen-bond acceptors (Lipinski definition) is 2. The van der Waals surface area contributed by atoms with Crippen LogP contribution in [0.15, 0.2) is 0 Å². The fourth-order valence-corrected chi connectivity index (χ4v) is 3.41. The monoisotopic (exact) mass is 283 g/mol. The average Bonchev–Trinajstić information content (AvgIpc) is 2.95. The van der Waals surface area contributed by atoms with Gasteiger partial charge in [-0.3, -0.25) is 4.68 Å². The lowest BCUT2D eigenvalue weighted by Crippen LogP contribution is -2.29. The first-order valence-electron chi connectivity index (χ1n) is 7.54. The molecule has 0 aliphatic heterocycles. The van der Waals surface area contributed by atoms with E-state index < -0.39 is 0 Å². The molecule has 1 N–H and O–H groups in total. The molecule has 108 valence electrons. The van der Waals surface area contributed by atoms with E-state index in [0.29, 0.717) is 5.41 Å². The molecule has 1 aliphatic carbocycles. The molecule has 0 saturated heterocycles. The third kappa shape index (κ3) is 3.32. The van der Waals surface area contributed by atoms with E-state index in [2.05, 4.69) is 31.2 Å². The Labute approximate surface area is 121 Å². The van der Waals surface area contributed by atoms with E-state index in [1.54, 1.807) is 0 Å². The Bertz CT molecular complexity index is 419. The third-order valence-electron chi connectivity index (χ3n) is 4.35. The fourth-order valence-electron chi connectivity index (χ4n) is 3.07. The molecule has 1 aromatic rings. The summed E-state index contributed by atoms with van der Waals surface area (Å²) >= 11 is 6.42. The highest BCUT2D eigenvalue weighted by Crippen LogP contribution is 2.36. The van der Waals surface area contributed by atoms with Crippen LogP contribution in [0.1, 0.15) is 57.8 Å². The van der Waals surface area contributed by atoms with Gasteiger partial charge in [0.05, 0.1) is 16.4 Å². The number of rotatable bonds is 6. The number of aromatic nitrogens is 2. The topological polar surface area (TPSA) is 29.9 Å². The molecule has 0 bridgehead atoms. The van der Waals surface area contributed by atoms with Crippen LogP contribution < -0.4 is 5.32 Å². The van der Waals surface area contributed by atoms with Crippen molar-refractivity contribution in [2.45, 2.75) is 66.0 Å². The molecule has 2 rings (SSSR count). The summed E-state index contributed by atoms with van der Waals surface area (Å²) in [4.78, 5) is 0. The summed E-state index contributed by atoms with van der Waals surface area (Å²) in [6, 6.07) is 0. The van der Waals surface area contributed by atoms with Gasteiger partial charge in [-0.2, -0.15) is 5.10 Å². The summed E-state index contributed by atoms with van der Waals surface area (Å²) in [5.41, 5.74) is 2.65. The van der Waals surface area contributed by atoms with Crippen LogP contribution in [0.25, 0.3) is 0 Å². The predicted octanol–water partition coefficient (Wildman–Crippen LogP) is 3.79. The van der Waals surface area contributed by atoms with Gasteiger partial charge < -0.3 is 5.32 Å². The van der Waals surface area contributed by atoms with Crippen LogP contribution in [0.5, 0.6) is 0 Å². The highest BCUT2D eigenvalue weighted by Gasteiger charge is 2.28. The lowest BCUT2D eigenvalue weighted by Gasteiger charge is -2.23. The second kappa shape index (κ2) is 6.27. The highest BCUT2D eigenvalue weighted by atomic mass is 35.5. The van der Waals surface area contributed by atoms with Crippen molar-refractivity contribution in [1.29, 1.82) is 0 Å². The van der Waals surface area contributed by atoms with Crippen molar-refractivity contribution >= 4 is 11.6 Å². The van der Waals surface area contributed by atoms with Gasteiger partial charge in [-0.1, -0.05) is 38.3 Å². The maximum absolute atomic E-state index is 6.42. The average molecular weight is 284 g/mol. The standard InChI is InChI=1S/C15H26ClN3/c1-4-12-14(16)13(19(5-2)18-12)10-17-11-15(3)8-6-7-9-15/h17H,4-11H2,1-3H3. The van der Waals surface area contributed by atoms with Crippen LogP contribution in [0, 0.1) is 5.41 Å². The van der Waals surface area contributed by atoms with E-state index in [0.717, 1.165) is 42.5 Å². The van der Waals surface area contributed by atoms with E-state index >= 15 is 0 Å². The van der Waals surface area contributed by atoms with Gasteiger partial charge in [0.15, 0.2) is 0 Å². The van der Waals surface area contributed by atoms with Gasteiger partial charge in [0.25, 0.3) is 0 Å². The molecule has 1 aromatic heterocycles. The van der Waals surface area contributed by atoms with Gasteiger partial charge in [-0.05, 0) is 31.6 Å². The quantitative estimate of drug-likeness (QED) is 0.861. The Morgan fingerprint density at radius 3 is 2.58 bits per heavy atom. The molecule has 0 amide bonds. The first-order chi connectivity index (χ1) is 9.09. The first-order valence-corrected chi connectivity index (χ1v) is 7.92. The van der Waals surface area contributed by atoms with Gasteiger partial charge in [0.2, 0.25) is 0 Å². The van der Waals surface area contributed by atoms with Crippen molar-refractivity contribution in [2.24, 2.45) is 5.41 Å². The van der Waals surface area contributed by atoms with Crippen molar-refractivity contribution in [1.82, 2.24) is 15.1 Å². The van der Waals surface area contributed by atoms with Crippen LogP contribution in [-0.2, 0) is 19.5 Å². The maximum atomic E-state index is 6.42. The van der Waals surface area contributed by atoms with Crippen LogP contribution in [0.3, 0.4) is 0 Å². The second-order valence-corrected chi connectivity index (χ2v) is 6.38. The van der Waals surface area contributed by atoms with E-state index in [1.165, 1.54) is 25.7 Å². The predicted molar refractivity (Wildman–Crippen MR) is 80.6 cm³/mol. The number of nitrogens with one attached hydrogen (secondary N) is 1. The molecule has 1 saturated carbocycles. The number of halogens is 1. The first kappa shape index (κ1) is 14.9. The van der Waals surface area contributed by atoms with E-state index in [-0.39, 0.29) is 0 Å². The van der Waals surface area contributed by atoms with E-state index in [1.807, 2.05) is 4.68 Å². The minimum absolute atomic E-state index is 0.483. The fraction of sp³-hybridized carbons (Fsp3) is 0.800. The minimum Gasteiger partial charge on any atom is -0.311 e. The molecule has 3 nitrogen and oxygen atoms in total. The summed E-state index contributed by atoms with van der Waals surface area (Å²) in [5, 5.41) is 9.01. The second-order valence-electron chi connectivity index (χ2n) is 6.00.